The highest BCUT2D eigenvalue weighted by Gasteiger charge is 2.18. The second kappa shape index (κ2) is 6.65. The fourth-order valence-corrected chi connectivity index (χ4v) is 1.65. The van der Waals surface area contributed by atoms with Gasteiger partial charge in [0, 0.05) is 6.61 Å². The summed E-state index contributed by atoms with van der Waals surface area (Å²) in [6.07, 6.45) is 2.48. The van der Waals surface area contributed by atoms with Crippen LogP contribution in [0.2, 0.25) is 0 Å². The van der Waals surface area contributed by atoms with E-state index in [4.69, 9.17) is 9.47 Å². The first-order valence-electron chi connectivity index (χ1n) is 5.16. The van der Waals surface area contributed by atoms with Crippen molar-refractivity contribution in [2.24, 2.45) is 0 Å². The lowest BCUT2D eigenvalue weighted by molar-refractivity contribution is 0.0461. The van der Waals surface area contributed by atoms with Crippen molar-refractivity contribution < 1.29 is 14.3 Å². The van der Waals surface area contributed by atoms with Gasteiger partial charge in [-0.3, -0.25) is 4.57 Å². The molecule has 0 atom stereocenters. The lowest BCUT2D eigenvalue weighted by atomic mass is 10.5. The minimum atomic E-state index is -0.396. The fraction of sp³-hybridized carbons (Fsp3) is 0.600. The highest BCUT2D eigenvalue weighted by Crippen LogP contribution is 2.15. The molecule has 90 valence electrons. The topological polar surface area (TPSA) is 53.4 Å². The number of halogens is 1. The first-order chi connectivity index (χ1) is 7.70. The number of hydrogen-bond acceptors (Lipinski definition) is 4. The molecule has 1 heterocycles. The molecule has 6 heteroatoms. The van der Waals surface area contributed by atoms with Crippen molar-refractivity contribution in [2.45, 2.75) is 27.0 Å². The lowest BCUT2D eigenvalue weighted by Gasteiger charge is -2.08. The van der Waals surface area contributed by atoms with E-state index in [-0.39, 0.29) is 0 Å². The summed E-state index contributed by atoms with van der Waals surface area (Å²) in [4.78, 5) is 15.6. The van der Waals surface area contributed by atoms with Gasteiger partial charge in [-0.2, -0.15) is 0 Å². The summed E-state index contributed by atoms with van der Waals surface area (Å²) in [5.74, 6) is -0.396. The molecule has 0 saturated heterocycles. The van der Waals surface area contributed by atoms with Crippen LogP contribution in [0, 0.1) is 0 Å². The maximum absolute atomic E-state index is 11.6. The molecule has 0 spiro atoms. The van der Waals surface area contributed by atoms with Gasteiger partial charge in [-0.05, 0) is 29.3 Å². The predicted molar refractivity (Wildman–Crippen MR) is 62.1 cm³/mol. The van der Waals surface area contributed by atoms with Crippen LogP contribution in [0.25, 0.3) is 0 Å². The molecule has 5 nitrogen and oxygen atoms in total. The van der Waals surface area contributed by atoms with Gasteiger partial charge in [0.05, 0.1) is 12.9 Å². The van der Waals surface area contributed by atoms with E-state index in [9.17, 15) is 4.79 Å². The maximum Gasteiger partial charge on any atom is 0.357 e. The molecule has 0 aliphatic carbocycles. The van der Waals surface area contributed by atoms with Crippen molar-refractivity contribution in [3.63, 3.8) is 0 Å². The Hall–Kier alpha value is -0.880. The summed E-state index contributed by atoms with van der Waals surface area (Å²) in [6, 6.07) is 0. The van der Waals surface area contributed by atoms with Crippen molar-refractivity contribution in [1.29, 1.82) is 0 Å². The zero-order chi connectivity index (χ0) is 12.0. The van der Waals surface area contributed by atoms with Crippen LogP contribution in [-0.2, 0) is 16.2 Å². The molecule has 0 aliphatic heterocycles. The molecule has 0 radical (unpaired) electrons. The van der Waals surface area contributed by atoms with Crippen molar-refractivity contribution in [3.05, 3.63) is 16.6 Å². The average molecular weight is 291 g/mol. The van der Waals surface area contributed by atoms with Gasteiger partial charge in [0.1, 0.15) is 11.3 Å². The smallest absolute Gasteiger partial charge is 0.357 e. The fourth-order valence-electron chi connectivity index (χ4n) is 1.16. The number of rotatable bonds is 6. The number of esters is 1. The van der Waals surface area contributed by atoms with Gasteiger partial charge >= 0.3 is 5.97 Å². The van der Waals surface area contributed by atoms with Crippen LogP contribution in [0.5, 0.6) is 0 Å². The van der Waals surface area contributed by atoms with Crippen molar-refractivity contribution in [1.82, 2.24) is 9.55 Å². The minimum absolute atomic E-state index is 0.306. The van der Waals surface area contributed by atoms with E-state index in [1.54, 1.807) is 17.8 Å². The number of hydrogen-bond donors (Lipinski definition) is 0. The van der Waals surface area contributed by atoms with Crippen molar-refractivity contribution >= 4 is 21.9 Å². The third-order valence-corrected chi connectivity index (χ3v) is 2.42. The summed E-state index contributed by atoms with van der Waals surface area (Å²) in [5, 5.41) is 0. The second-order valence-corrected chi connectivity index (χ2v) is 3.86. The van der Waals surface area contributed by atoms with Crippen LogP contribution < -0.4 is 0 Å². The molecule has 1 rings (SSSR count). The van der Waals surface area contributed by atoms with E-state index in [0.717, 1.165) is 6.42 Å². The third kappa shape index (κ3) is 3.31. The van der Waals surface area contributed by atoms with Crippen LogP contribution in [0.4, 0.5) is 0 Å². The zero-order valence-corrected chi connectivity index (χ0v) is 11.0. The average Bonchev–Trinajstić information content (AvgIpc) is 2.61. The minimum Gasteiger partial charge on any atom is -0.461 e. The molecule has 0 unspecified atom stereocenters. The number of carbonyl (C=O) groups is 1. The van der Waals surface area contributed by atoms with E-state index in [1.165, 1.54) is 0 Å². The van der Waals surface area contributed by atoms with Crippen LogP contribution in [-0.4, -0.2) is 28.7 Å². The highest BCUT2D eigenvalue weighted by atomic mass is 79.9. The van der Waals surface area contributed by atoms with Gasteiger partial charge in [-0.15, -0.1) is 0 Å². The SMILES string of the molecule is CCCOCn1cnc(Br)c1C(=O)OCC. The van der Waals surface area contributed by atoms with E-state index in [1.807, 2.05) is 6.92 Å². The summed E-state index contributed by atoms with van der Waals surface area (Å²) >= 11 is 3.21. The molecule has 0 amide bonds. The van der Waals surface area contributed by atoms with Crippen LogP contribution >= 0.6 is 15.9 Å². The molecular weight excluding hydrogens is 276 g/mol. The summed E-state index contributed by atoms with van der Waals surface area (Å²) in [7, 11) is 0. The maximum atomic E-state index is 11.6. The Morgan fingerprint density at radius 1 is 1.56 bits per heavy atom. The molecule has 0 fully saturated rings. The molecule has 0 N–H and O–H groups in total. The molecule has 16 heavy (non-hydrogen) atoms. The Morgan fingerprint density at radius 3 is 2.94 bits per heavy atom. The van der Waals surface area contributed by atoms with Gasteiger partial charge in [0.2, 0.25) is 0 Å². The molecule has 1 aromatic heterocycles. The van der Waals surface area contributed by atoms with Gasteiger partial charge in [0.25, 0.3) is 0 Å². The summed E-state index contributed by atoms with van der Waals surface area (Å²) < 4.78 is 12.4. The lowest BCUT2D eigenvalue weighted by Crippen LogP contribution is -2.14. The largest absolute Gasteiger partial charge is 0.461 e. The first kappa shape index (κ1) is 13.2. The second-order valence-electron chi connectivity index (χ2n) is 3.11. The van der Waals surface area contributed by atoms with Crippen LogP contribution in [0.15, 0.2) is 10.9 Å². The highest BCUT2D eigenvalue weighted by molar-refractivity contribution is 9.10. The van der Waals surface area contributed by atoms with E-state index in [2.05, 4.69) is 20.9 Å². The monoisotopic (exact) mass is 290 g/mol. The molecular formula is C10H15BrN2O3. The first-order valence-corrected chi connectivity index (χ1v) is 5.95. The van der Waals surface area contributed by atoms with Crippen molar-refractivity contribution in [3.8, 4) is 0 Å². The summed E-state index contributed by atoms with van der Waals surface area (Å²) in [5.41, 5.74) is 0.387. The number of ether oxygens (including phenoxy) is 2. The Bertz CT molecular complexity index is 352. The van der Waals surface area contributed by atoms with Crippen molar-refractivity contribution in [2.75, 3.05) is 13.2 Å². The molecule has 0 bridgehead atoms. The molecule has 0 saturated carbocycles. The van der Waals surface area contributed by atoms with E-state index in [0.29, 0.717) is 30.2 Å². The Balaban J connectivity index is 2.73. The van der Waals surface area contributed by atoms with Crippen LogP contribution in [0.3, 0.4) is 0 Å². The normalized spacial score (nSPS) is 10.4. The van der Waals surface area contributed by atoms with E-state index < -0.39 is 5.97 Å². The van der Waals surface area contributed by atoms with E-state index >= 15 is 0 Å². The van der Waals surface area contributed by atoms with Gasteiger partial charge in [0.15, 0.2) is 5.69 Å². The molecule has 0 aromatic carbocycles. The molecule has 0 aliphatic rings. The van der Waals surface area contributed by atoms with Crippen LogP contribution in [0.1, 0.15) is 30.8 Å². The Labute approximate surface area is 103 Å². The number of imidazole rings is 1. The predicted octanol–water partition coefficient (Wildman–Crippen LogP) is 2.21. The number of carbonyl (C=O) groups excluding carboxylic acids is 1. The molecule has 1 aromatic rings. The van der Waals surface area contributed by atoms with Gasteiger partial charge in [-0.25, -0.2) is 9.78 Å². The third-order valence-electron chi connectivity index (χ3n) is 1.84. The quantitative estimate of drug-likeness (QED) is 0.595. The van der Waals surface area contributed by atoms with Gasteiger partial charge in [-0.1, -0.05) is 6.92 Å². The number of aromatic nitrogens is 2. The standard InChI is InChI=1S/C10H15BrN2O3/c1-3-5-15-7-13-6-12-9(11)8(13)10(14)16-4-2/h6H,3-5,7H2,1-2H3. The Morgan fingerprint density at radius 2 is 2.31 bits per heavy atom. The Kier molecular flexibility index (Phi) is 5.48. The number of nitrogens with zero attached hydrogens (tertiary/aromatic N) is 2. The van der Waals surface area contributed by atoms with Gasteiger partial charge < -0.3 is 9.47 Å². The summed E-state index contributed by atoms with van der Waals surface area (Å²) in [6.45, 7) is 5.08. The zero-order valence-electron chi connectivity index (χ0n) is 9.40.